The number of thioether (sulfide) groups is 1. The number of aliphatic hydroxyl groups excluding tert-OH is 1. The van der Waals surface area contributed by atoms with Crippen molar-refractivity contribution >= 4 is 11.8 Å². The van der Waals surface area contributed by atoms with Crippen LogP contribution < -0.4 is 5.32 Å². The number of rotatable bonds is 7. The first-order chi connectivity index (χ1) is 8.13. The maximum absolute atomic E-state index is 9.41. The van der Waals surface area contributed by atoms with Gasteiger partial charge in [-0.05, 0) is 37.3 Å². The molecule has 1 unspecified atom stereocenters. The number of aliphatic hydroxyl groups is 1. The van der Waals surface area contributed by atoms with E-state index in [1.165, 1.54) is 10.5 Å². The molecule has 3 heteroatoms. The summed E-state index contributed by atoms with van der Waals surface area (Å²) in [4.78, 5) is 1.28. The van der Waals surface area contributed by atoms with Crippen LogP contribution in [0.3, 0.4) is 0 Å². The van der Waals surface area contributed by atoms with Crippen LogP contribution in [0.25, 0.3) is 0 Å². The lowest BCUT2D eigenvalue weighted by Crippen LogP contribution is -2.45. The molecule has 0 aliphatic carbocycles. The van der Waals surface area contributed by atoms with Gasteiger partial charge in [-0.25, -0.2) is 0 Å². The summed E-state index contributed by atoms with van der Waals surface area (Å²) in [6.45, 7) is 5.21. The molecular formula is C14H23NOS. The average Bonchev–Trinajstić information content (AvgIpc) is 2.37. The first-order valence-electron chi connectivity index (χ1n) is 6.12. The Balaban J connectivity index is 2.53. The Morgan fingerprint density at radius 1 is 1.29 bits per heavy atom. The Bertz CT molecular complexity index is 325. The molecule has 1 rings (SSSR count). The number of hydrogen-bond donors (Lipinski definition) is 2. The number of benzene rings is 1. The van der Waals surface area contributed by atoms with Crippen molar-refractivity contribution in [2.75, 3.05) is 12.9 Å². The molecule has 0 aromatic heterocycles. The van der Waals surface area contributed by atoms with Gasteiger partial charge in [0.05, 0.1) is 6.61 Å². The number of nitrogens with one attached hydrogen (secondary N) is 1. The van der Waals surface area contributed by atoms with Crippen molar-refractivity contribution in [2.24, 2.45) is 0 Å². The summed E-state index contributed by atoms with van der Waals surface area (Å²) >= 11 is 1.75. The molecule has 0 amide bonds. The van der Waals surface area contributed by atoms with Crippen molar-refractivity contribution in [2.45, 2.75) is 43.7 Å². The van der Waals surface area contributed by atoms with Crippen molar-refractivity contribution in [3.05, 3.63) is 29.8 Å². The Morgan fingerprint density at radius 3 is 2.41 bits per heavy atom. The monoisotopic (exact) mass is 253 g/mol. The van der Waals surface area contributed by atoms with Crippen LogP contribution in [-0.4, -0.2) is 23.5 Å². The summed E-state index contributed by atoms with van der Waals surface area (Å²) in [7, 11) is 0. The van der Waals surface area contributed by atoms with Crippen LogP contribution in [0.15, 0.2) is 29.2 Å². The van der Waals surface area contributed by atoms with Gasteiger partial charge in [0.25, 0.3) is 0 Å². The van der Waals surface area contributed by atoms with Gasteiger partial charge in [0.1, 0.15) is 0 Å². The topological polar surface area (TPSA) is 32.3 Å². The zero-order valence-corrected chi connectivity index (χ0v) is 11.8. The lowest BCUT2D eigenvalue weighted by molar-refractivity contribution is 0.163. The van der Waals surface area contributed by atoms with Gasteiger partial charge in [0, 0.05) is 17.0 Å². The van der Waals surface area contributed by atoms with Gasteiger partial charge in [0.2, 0.25) is 0 Å². The van der Waals surface area contributed by atoms with E-state index in [9.17, 15) is 5.11 Å². The van der Waals surface area contributed by atoms with Crippen molar-refractivity contribution in [1.82, 2.24) is 5.32 Å². The molecule has 0 saturated heterocycles. The van der Waals surface area contributed by atoms with E-state index in [-0.39, 0.29) is 12.1 Å². The zero-order valence-electron chi connectivity index (χ0n) is 11.0. The van der Waals surface area contributed by atoms with Crippen LogP contribution in [0.2, 0.25) is 0 Å². The molecule has 17 heavy (non-hydrogen) atoms. The fourth-order valence-corrected chi connectivity index (χ4v) is 2.24. The Morgan fingerprint density at radius 2 is 1.94 bits per heavy atom. The van der Waals surface area contributed by atoms with E-state index >= 15 is 0 Å². The van der Waals surface area contributed by atoms with Gasteiger partial charge in [0.15, 0.2) is 0 Å². The standard InChI is InChI=1S/C14H23NOS/c1-4-9-14(2,11-16)15-10-12-5-7-13(17-3)8-6-12/h5-8,15-16H,4,9-11H2,1-3H3. The second-order valence-corrected chi connectivity index (χ2v) is 5.55. The van der Waals surface area contributed by atoms with Gasteiger partial charge in [-0.15, -0.1) is 11.8 Å². The molecule has 0 saturated carbocycles. The highest BCUT2D eigenvalue weighted by Gasteiger charge is 2.20. The third kappa shape index (κ3) is 4.70. The van der Waals surface area contributed by atoms with Crippen LogP contribution in [-0.2, 0) is 6.54 Å². The maximum Gasteiger partial charge on any atom is 0.0610 e. The summed E-state index contributed by atoms with van der Waals surface area (Å²) in [5.41, 5.74) is 1.10. The van der Waals surface area contributed by atoms with E-state index in [1.807, 2.05) is 0 Å². The molecule has 0 spiro atoms. The molecule has 2 nitrogen and oxygen atoms in total. The SMILES string of the molecule is CCCC(C)(CO)NCc1ccc(SC)cc1. The van der Waals surface area contributed by atoms with Gasteiger partial charge in [-0.3, -0.25) is 0 Å². The van der Waals surface area contributed by atoms with Gasteiger partial charge in [-0.1, -0.05) is 25.5 Å². The highest BCUT2D eigenvalue weighted by molar-refractivity contribution is 7.98. The van der Waals surface area contributed by atoms with Crippen molar-refractivity contribution in [1.29, 1.82) is 0 Å². The third-order valence-corrected chi connectivity index (χ3v) is 3.77. The molecule has 0 fully saturated rings. The molecule has 1 atom stereocenters. The summed E-state index contributed by atoms with van der Waals surface area (Å²) in [5, 5.41) is 12.9. The Hall–Kier alpha value is -0.510. The minimum atomic E-state index is -0.160. The average molecular weight is 253 g/mol. The summed E-state index contributed by atoms with van der Waals surface area (Å²) in [6.07, 6.45) is 4.15. The molecule has 0 bridgehead atoms. The summed E-state index contributed by atoms with van der Waals surface area (Å²) < 4.78 is 0. The molecule has 0 aliphatic rings. The maximum atomic E-state index is 9.41. The fourth-order valence-electron chi connectivity index (χ4n) is 1.83. The van der Waals surface area contributed by atoms with Crippen molar-refractivity contribution < 1.29 is 5.11 Å². The second kappa shape index (κ2) is 7.04. The normalized spacial score (nSPS) is 14.6. The van der Waals surface area contributed by atoms with Crippen LogP contribution >= 0.6 is 11.8 Å². The number of hydrogen-bond acceptors (Lipinski definition) is 3. The van der Waals surface area contributed by atoms with Gasteiger partial charge in [-0.2, -0.15) is 0 Å². The summed E-state index contributed by atoms with van der Waals surface area (Å²) in [6, 6.07) is 8.56. The van der Waals surface area contributed by atoms with Gasteiger partial charge >= 0.3 is 0 Å². The first kappa shape index (κ1) is 14.6. The lowest BCUT2D eigenvalue weighted by atomic mass is 9.97. The van der Waals surface area contributed by atoms with E-state index in [1.54, 1.807) is 11.8 Å². The molecule has 0 radical (unpaired) electrons. The van der Waals surface area contributed by atoms with Crippen LogP contribution in [0.5, 0.6) is 0 Å². The van der Waals surface area contributed by atoms with E-state index in [4.69, 9.17) is 0 Å². The molecule has 1 aromatic rings. The zero-order chi connectivity index (χ0) is 12.7. The largest absolute Gasteiger partial charge is 0.394 e. The molecule has 96 valence electrons. The second-order valence-electron chi connectivity index (χ2n) is 4.67. The first-order valence-corrected chi connectivity index (χ1v) is 7.35. The predicted molar refractivity (Wildman–Crippen MR) is 75.5 cm³/mol. The highest BCUT2D eigenvalue weighted by atomic mass is 32.2. The Labute approximate surface area is 109 Å². The van der Waals surface area contributed by atoms with Crippen molar-refractivity contribution in [3.8, 4) is 0 Å². The molecular weight excluding hydrogens is 230 g/mol. The quantitative estimate of drug-likeness (QED) is 0.733. The minimum absolute atomic E-state index is 0.160. The smallest absolute Gasteiger partial charge is 0.0610 e. The van der Waals surface area contributed by atoms with Crippen LogP contribution in [0.4, 0.5) is 0 Å². The third-order valence-electron chi connectivity index (χ3n) is 3.03. The van der Waals surface area contributed by atoms with Gasteiger partial charge < -0.3 is 10.4 Å². The van der Waals surface area contributed by atoms with Crippen LogP contribution in [0.1, 0.15) is 32.3 Å². The fraction of sp³-hybridized carbons (Fsp3) is 0.571. The molecule has 2 N–H and O–H groups in total. The minimum Gasteiger partial charge on any atom is -0.394 e. The van der Waals surface area contributed by atoms with Crippen molar-refractivity contribution in [3.63, 3.8) is 0 Å². The molecule has 0 aliphatic heterocycles. The van der Waals surface area contributed by atoms with E-state index in [0.717, 1.165) is 19.4 Å². The predicted octanol–water partition coefficient (Wildman–Crippen LogP) is 3.05. The van der Waals surface area contributed by atoms with E-state index in [0.29, 0.717) is 0 Å². The lowest BCUT2D eigenvalue weighted by Gasteiger charge is -2.28. The highest BCUT2D eigenvalue weighted by Crippen LogP contribution is 2.16. The molecule has 1 aromatic carbocycles. The molecule has 0 heterocycles. The Kier molecular flexibility index (Phi) is 6.03. The summed E-state index contributed by atoms with van der Waals surface area (Å²) in [5.74, 6) is 0. The van der Waals surface area contributed by atoms with E-state index in [2.05, 4.69) is 49.7 Å². The van der Waals surface area contributed by atoms with E-state index < -0.39 is 0 Å². The van der Waals surface area contributed by atoms with Crippen LogP contribution in [0, 0.1) is 0 Å².